The number of hydrogen-bond donors (Lipinski definition) is 0. The van der Waals surface area contributed by atoms with Crippen LogP contribution in [0.25, 0.3) is 10.1 Å². The maximum absolute atomic E-state index is 10.7. The third-order valence-corrected chi connectivity index (χ3v) is 4.01. The number of benzene rings is 1. The Balaban J connectivity index is 2.05. The van der Waals surface area contributed by atoms with Gasteiger partial charge in [0.1, 0.15) is 0 Å². The third-order valence-electron chi connectivity index (χ3n) is 2.23. The SMILES string of the molecule is CC(=O)SCCC#Cc1cccc2ccsc12. The zero-order chi connectivity index (χ0) is 12.1. The van der Waals surface area contributed by atoms with Crippen molar-refractivity contribution in [2.75, 3.05) is 5.75 Å². The maximum Gasteiger partial charge on any atom is 0.185 e. The summed E-state index contributed by atoms with van der Waals surface area (Å²) in [7, 11) is 0. The average Bonchev–Trinajstić information content (AvgIpc) is 2.77. The van der Waals surface area contributed by atoms with E-state index in [1.54, 1.807) is 18.3 Å². The summed E-state index contributed by atoms with van der Waals surface area (Å²) >= 11 is 3.05. The Labute approximate surface area is 109 Å². The Morgan fingerprint density at radius 2 is 2.29 bits per heavy atom. The summed E-state index contributed by atoms with van der Waals surface area (Å²) in [5, 5.41) is 3.49. The maximum atomic E-state index is 10.7. The molecular formula is C14H12OS2. The molecule has 2 rings (SSSR count). The molecule has 1 aromatic carbocycles. The lowest BCUT2D eigenvalue weighted by molar-refractivity contribution is -0.109. The van der Waals surface area contributed by atoms with Gasteiger partial charge in [0.05, 0.1) is 0 Å². The standard InChI is InChI=1S/C14H12OS2/c1-11(15)16-9-3-2-5-12-6-4-7-13-8-10-17-14(12)13/h4,6-8,10H,3,9H2,1H3. The molecule has 0 atom stereocenters. The molecule has 1 nitrogen and oxygen atoms in total. The second-order valence-corrected chi connectivity index (χ2v) is 5.72. The van der Waals surface area contributed by atoms with Gasteiger partial charge in [-0.05, 0) is 22.9 Å². The predicted molar refractivity (Wildman–Crippen MR) is 76.5 cm³/mol. The van der Waals surface area contributed by atoms with Gasteiger partial charge < -0.3 is 0 Å². The molecule has 0 saturated heterocycles. The molecule has 0 saturated carbocycles. The molecule has 1 aromatic heterocycles. The zero-order valence-corrected chi connectivity index (χ0v) is 11.2. The fourth-order valence-corrected chi connectivity index (χ4v) is 2.86. The first-order valence-electron chi connectivity index (χ1n) is 5.36. The van der Waals surface area contributed by atoms with Gasteiger partial charge in [-0.3, -0.25) is 4.79 Å². The van der Waals surface area contributed by atoms with E-state index in [1.807, 2.05) is 12.1 Å². The predicted octanol–water partition coefficient (Wildman–Crippen LogP) is 3.92. The van der Waals surface area contributed by atoms with E-state index in [9.17, 15) is 4.79 Å². The monoisotopic (exact) mass is 260 g/mol. The average molecular weight is 260 g/mol. The first-order valence-corrected chi connectivity index (χ1v) is 7.22. The van der Waals surface area contributed by atoms with Gasteiger partial charge in [-0.2, -0.15) is 0 Å². The zero-order valence-electron chi connectivity index (χ0n) is 9.53. The molecule has 0 N–H and O–H groups in total. The Hall–Kier alpha value is -1.24. The van der Waals surface area contributed by atoms with Crippen molar-refractivity contribution in [2.45, 2.75) is 13.3 Å². The summed E-state index contributed by atoms with van der Waals surface area (Å²) in [5.74, 6) is 7.09. The van der Waals surface area contributed by atoms with Crippen LogP contribution in [0.5, 0.6) is 0 Å². The molecule has 0 unspecified atom stereocenters. The number of thiophene rings is 1. The summed E-state index contributed by atoms with van der Waals surface area (Å²) < 4.78 is 1.25. The minimum atomic E-state index is 0.159. The van der Waals surface area contributed by atoms with Crippen molar-refractivity contribution in [1.82, 2.24) is 0 Å². The van der Waals surface area contributed by atoms with Crippen LogP contribution < -0.4 is 0 Å². The molecule has 1 heterocycles. The van der Waals surface area contributed by atoms with Crippen molar-refractivity contribution in [2.24, 2.45) is 0 Å². The highest BCUT2D eigenvalue weighted by Crippen LogP contribution is 2.23. The smallest absolute Gasteiger partial charge is 0.185 e. The molecule has 86 valence electrons. The summed E-state index contributed by atoms with van der Waals surface area (Å²) in [4.78, 5) is 10.7. The van der Waals surface area contributed by atoms with Gasteiger partial charge in [-0.25, -0.2) is 0 Å². The van der Waals surface area contributed by atoms with Crippen molar-refractivity contribution in [3.05, 3.63) is 35.2 Å². The van der Waals surface area contributed by atoms with Crippen LogP contribution in [-0.4, -0.2) is 10.9 Å². The Morgan fingerprint density at radius 1 is 1.41 bits per heavy atom. The highest BCUT2D eigenvalue weighted by molar-refractivity contribution is 8.13. The highest BCUT2D eigenvalue weighted by atomic mass is 32.2. The summed E-state index contributed by atoms with van der Waals surface area (Å²) in [6.07, 6.45) is 0.756. The molecule has 0 aliphatic rings. The normalized spacial score (nSPS) is 9.94. The summed E-state index contributed by atoms with van der Waals surface area (Å²) in [5.41, 5.74) is 1.09. The number of hydrogen-bond acceptors (Lipinski definition) is 3. The Morgan fingerprint density at radius 3 is 3.12 bits per heavy atom. The van der Waals surface area contributed by atoms with Crippen LogP contribution in [0, 0.1) is 11.8 Å². The number of carbonyl (C=O) groups excluding carboxylic acids is 1. The quantitative estimate of drug-likeness (QED) is 0.601. The fraction of sp³-hybridized carbons (Fsp3) is 0.214. The van der Waals surface area contributed by atoms with Crippen LogP contribution in [-0.2, 0) is 4.79 Å². The molecule has 17 heavy (non-hydrogen) atoms. The second kappa shape index (κ2) is 5.90. The van der Waals surface area contributed by atoms with Crippen LogP contribution in [0.4, 0.5) is 0 Å². The molecule has 0 aliphatic heterocycles. The highest BCUT2D eigenvalue weighted by Gasteiger charge is 1.98. The number of rotatable bonds is 2. The van der Waals surface area contributed by atoms with Crippen molar-refractivity contribution < 1.29 is 4.79 Å². The van der Waals surface area contributed by atoms with E-state index in [0.29, 0.717) is 0 Å². The number of fused-ring (bicyclic) bond motifs is 1. The van der Waals surface area contributed by atoms with E-state index in [-0.39, 0.29) is 5.12 Å². The minimum absolute atomic E-state index is 0.159. The van der Waals surface area contributed by atoms with Crippen molar-refractivity contribution in [1.29, 1.82) is 0 Å². The van der Waals surface area contributed by atoms with Gasteiger partial charge in [-0.15, -0.1) is 11.3 Å². The molecule has 0 fully saturated rings. The summed E-state index contributed by atoms with van der Waals surface area (Å²) in [6, 6.07) is 8.28. The van der Waals surface area contributed by atoms with Gasteiger partial charge >= 0.3 is 0 Å². The van der Waals surface area contributed by atoms with Crippen molar-refractivity contribution >= 4 is 38.3 Å². The van der Waals surface area contributed by atoms with E-state index in [1.165, 1.54) is 21.8 Å². The van der Waals surface area contributed by atoms with Gasteiger partial charge in [0, 0.05) is 29.4 Å². The van der Waals surface area contributed by atoms with E-state index in [2.05, 4.69) is 29.4 Å². The van der Waals surface area contributed by atoms with Gasteiger partial charge in [0.2, 0.25) is 0 Å². The van der Waals surface area contributed by atoms with Crippen LogP contribution in [0.1, 0.15) is 18.9 Å². The number of carbonyl (C=O) groups is 1. The Kier molecular flexibility index (Phi) is 4.24. The molecule has 0 bridgehead atoms. The number of thioether (sulfide) groups is 1. The van der Waals surface area contributed by atoms with Gasteiger partial charge in [0.25, 0.3) is 0 Å². The van der Waals surface area contributed by atoms with E-state index < -0.39 is 0 Å². The van der Waals surface area contributed by atoms with E-state index in [0.717, 1.165) is 17.7 Å². The first-order chi connectivity index (χ1) is 8.27. The lowest BCUT2D eigenvalue weighted by Crippen LogP contribution is -1.84. The lowest BCUT2D eigenvalue weighted by Gasteiger charge is -1.93. The van der Waals surface area contributed by atoms with Gasteiger partial charge in [0.15, 0.2) is 5.12 Å². The molecule has 2 aromatic rings. The van der Waals surface area contributed by atoms with E-state index in [4.69, 9.17) is 0 Å². The molecule has 3 heteroatoms. The largest absolute Gasteiger partial charge is 0.288 e. The van der Waals surface area contributed by atoms with Crippen molar-refractivity contribution in [3.63, 3.8) is 0 Å². The first kappa shape index (κ1) is 12.2. The molecule has 0 radical (unpaired) electrons. The van der Waals surface area contributed by atoms with Gasteiger partial charge in [-0.1, -0.05) is 35.7 Å². The van der Waals surface area contributed by atoms with Crippen LogP contribution in [0.2, 0.25) is 0 Å². The second-order valence-electron chi connectivity index (χ2n) is 3.54. The van der Waals surface area contributed by atoms with Crippen molar-refractivity contribution in [3.8, 4) is 11.8 Å². The Bertz CT molecular complexity index is 587. The molecular weight excluding hydrogens is 248 g/mol. The lowest BCUT2D eigenvalue weighted by atomic mass is 10.2. The van der Waals surface area contributed by atoms with E-state index >= 15 is 0 Å². The fourth-order valence-electron chi connectivity index (χ4n) is 1.49. The molecule has 0 spiro atoms. The van der Waals surface area contributed by atoms with Crippen LogP contribution >= 0.6 is 23.1 Å². The van der Waals surface area contributed by atoms with Crippen LogP contribution in [0.15, 0.2) is 29.6 Å². The van der Waals surface area contributed by atoms with Crippen LogP contribution in [0.3, 0.4) is 0 Å². The molecule has 0 aliphatic carbocycles. The topological polar surface area (TPSA) is 17.1 Å². The summed E-state index contributed by atoms with van der Waals surface area (Å²) in [6.45, 7) is 1.59. The third kappa shape index (κ3) is 3.36. The molecule has 0 amide bonds. The minimum Gasteiger partial charge on any atom is -0.288 e.